The molecule has 0 spiro atoms. The predicted octanol–water partition coefficient (Wildman–Crippen LogP) is 3.68. The van der Waals surface area contributed by atoms with Crippen LogP contribution in [0.2, 0.25) is 0 Å². The Bertz CT molecular complexity index is 571. The molecule has 0 amide bonds. The number of carboxylic acid groups (broad SMARTS) is 1. The quantitative estimate of drug-likeness (QED) is 0.859. The third-order valence-corrected chi connectivity index (χ3v) is 3.47. The van der Waals surface area contributed by atoms with Gasteiger partial charge < -0.3 is 5.11 Å². The Balaban J connectivity index is 2.46. The third-order valence-electron chi connectivity index (χ3n) is 3.47. The van der Waals surface area contributed by atoms with E-state index in [-0.39, 0.29) is 5.69 Å². The predicted molar refractivity (Wildman–Crippen MR) is 74.3 cm³/mol. The van der Waals surface area contributed by atoms with Gasteiger partial charge in [-0.3, -0.25) is 5.10 Å². The first-order valence-electron chi connectivity index (χ1n) is 6.55. The minimum Gasteiger partial charge on any atom is -0.477 e. The molecule has 4 heteroatoms. The highest BCUT2D eigenvalue weighted by molar-refractivity contribution is 5.87. The number of H-pyrrole nitrogens is 1. The van der Waals surface area contributed by atoms with E-state index >= 15 is 0 Å². The van der Waals surface area contributed by atoms with Crippen LogP contribution in [0.15, 0.2) is 30.3 Å². The van der Waals surface area contributed by atoms with Gasteiger partial charge in [0.2, 0.25) is 0 Å². The summed E-state index contributed by atoms with van der Waals surface area (Å²) in [4.78, 5) is 10.9. The number of hydrogen-bond acceptors (Lipinski definition) is 2. The fourth-order valence-electron chi connectivity index (χ4n) is 2.38. The van der Waals surface area contributed by atoms with E-state index in [1.165, 1.54) is 5.56 Å². The highest BCUT2D eigenvalue weighted by Gasteiger charge is 2.16. The molecule has 2 N–H and O–H groups in total. The van der Waals surface area contributed by atoms with Gasteiger partial charge in [0.05, 0.1) is 5.69 Å². The van der Waals surface area contributed by atoms with Crippen LogP contribution in [0, 0.1) is 0 Å². The van der Waals surface area contributed by atoms with Crippen molar-refractivity contribution < 1.29 is 9.90 Å². The van der Waals surface area contributed by atoms with Crippen LogP contribution >= 0.6 is 0 Å². The Kier molecular flexibility index (Phi) is 4.00. The average Bonchev–Trinajstić information content (AvgIpc) is 2.90. The number of nitrogens with zero attached hydrogens (tertiary/aromatic N) is 1. The number of carbonyl (C=O) groups is 1. The van der Waals surface area contributed by atoms with E-state index in [9.17, 15) is 4.79 Å². The fraction of sp³-hybridized carbons (Fsp3) is 0.333. The average molecular weight is 258 g/mol. The van der Waals surface area contributed by atoms with E-state index in [2.05, 4.69) is 30.1 Å². The molecule has 1 aromatic heterocycles. The zero-order chi connectivity index (χ0) is 13.8. The van der Waals surface area contributed by atoms with Crippen molar-refractivity contribution in [1.82, 2.24) is 10.2 Å². The van der Waals surface area contributed by atoms with E-state index in [0.29, 0.717) is 11.6 Å². The molecule has 1 aromatic carbocycles. The highest BCUT2D eigenvalue weighted by Crippen LogP contribution is 2.32. The number of aromatic carboxylic acids is 1. The molecule has 2 aromatic rings. The second-order valence-electron chi connectivity index (χ2n) is 4.57. The van der Waals surface area contributed by atoms with Crippen molar-refractivity contribution in [2.45, 2.75) is 32.6 Å². The number of aromatic amines is 1. The topological polar surface area (TPSA) is 66.0 Å². The lowest BCUT2D eigenvalue weighted by atomic mass is 9.89. The Morgan fingerprint density at radius 2 is 2.00 bits per heavy atom. The lowest BCUT2D eigenvalue weighted by Crippen LogP contribution is -1.98. The van der Waals surface area contributed by atoms with Crippen molar-refractivity contribution in [3.63, 3.8) is 0 Å². The van der Waals surface area contributed by atoms with E-state index in [4.69, 9.17) is 5.11 Å². The summed E-state index contributed by atoms with van der Waals surface area (Å²) < 4.78 is 0. The first kappa shape index (κ1) is 13.3. The van der Waals surface area contributed by atoms with Crippen molar-refractivity contribution >= 4 is 5.97 Å². The second kappa shape index (κ2) is 5.69. The maximum absolute atomic E-state index is 10.9. The van der Waals surface area contributed by atoms with Crippen LogP contribution in [0.25, 0.3) is 11.3 Å². The van der Waals surface area contributed by atoms with E-state index < -0.39 is 5.97 Å². The van der Waals surface area contributed by atoms with Crippen LogP contribution in [0.4, 0.5) is 0 Å². The lowest BCUT2D eigenvalue weighted by molar-refractivity contribution is 0.0690. The number of aromatic nitrogens is 2. The molecule has 19 heavy (non-hydrogen) atoms. The summed E-state index contributed by atoms with van der Waals surface area (Å²) in [6, 6.07) is 9.65. The molecule has 0 unspecified atom stereocenters. The van der Waals surface area contributed by atoms with E-state index in [0.717, 1.165) is 18.4 Å². The molecule has 0 saturated heterocycles. The summed E-state index contributed by atoms with van der Waals surface area (Å²) in [6.07, 6.45) is 2.12. The van der Waals surface area contributed by atoms with Crippen LogP contribution in [0.3, 0.4) is 0 Å². The number of carboxylic acids is 1. The summed E-state index contributed by atoms with van der Waals surface area (Å²) >= 11 is 0. The van der Waals surface area contributed by atoms with Gasteiger partial charge >= 0.3 is 5.97 Å². The first-order valence-corrected chi connectivity index (χ1v) is 6.55. The van der Waals surface area contributed by atoms with Crippen LogP contribution in [0.5, 0.6) is 0 Å². The van der Waals surface area contributed by atoms with Crippen molar-refractivity contribution in [2.75, 3.05) is 0 Å². The maximum atomic E-state index is 10.9. The molecular weight excluding hydrogens is 240 g/mol. The van der Waals surface area contributed by atoms with Crippen molar-refractivity contribution in [3.05, 3.63) is 41.6 Å². The van der Waals surface area contributed by atoms with Gasteiger partial charge in [-0.05, 0) is 30.4 Å². The normalized spacial score (nSPS) is 10.9. The second-order valence-corrected chi connectivity index (χ2v) is 4.57. The van der Waals surface area contributed by atoms with Crippen molar-refractivity contribution in [3.8, 4) is 11.3 Å². The SMILES string of the molecule is CCC(CC)c1ccccc1-c1cc(C(=O)O)[nH]n1. The molecule has 100 valence electrons. The lowest BCUT2D eigenvalue weighted by Gasteiger charge is -2.16. The summed E-state index contributed by atoms with van der Waals surface area (Å²) in [5, 5.41) is 15.6. The highest BCUT2D eigenvalue weighted by atomic mass is 16.4. The Morgan fingerprint density at radius 1 is 1.32 bits per heavy atom. The molecule has 0 radical (unpaired) electrons. The van der Waals surface area contributed by atoms with Gasteiger partial charge in [-0.2, -0.15) is 5.10 Å². The van der Waals surface area contributed by atoms with Crippen LogP contribution < -0.4 is 0 Å². The molecule has 1 heterocycles. The third kappa shape index (κ3) is 2.67. The number of nitrogens with one attached hydrogen (secondary N) is 1. The summed E-state index contributed by atoms with van der Waals surface area (Å²) in [7, 11) is 0. The zero-order valence-electron chi connectivity index (χ0n) is 11.2. The summed E-state index contributed by atoms with van der Waals surface area (Å²) in [5.74, 6) is -0.514. The van der Waals surface area contributed by atoms with E-state index in [1.807, 2.05) is 18.2 Å². The summed E-state index contributed by atoms with van der Waals surface area (Å²) in [5.41, 5.74) is 3.06. The number of hydrogen-bond donors (Lipinski definition) is 2. The van der Waals surface area contributed by atoms with Gasteiger partial charge in [-0.25, -0.2) is 4.79 Å². The molecule has 4 nitrogen and oxygen atoms in total. The maximum Gasteiger partial charge on any atom is 0.353 e. The molecule has 0 saturated carbocycles. The molecular formula is C15H18N2O2. The molecule has 0 atom stereocenters. The molecule has 2 rings (SSSR count). The molecule has 0 bridgehead atoms. The largest absolute Gasteiger partial charge is 0.477 e. The van der Waals surface area contributed by atoms with Gasteiger partial charge in [-0.1, -0.05) is 38.1 Å². The van der Waals surface area contributed by atoms with Gasteiger partial charge in [-0.15, -0.1) is 0 Å². The van der Waals surface area contributed by atoms with Crippen LogP contribution in [-0.2, 0) is 0 Å². The van der Waals surface area contributed by atoms with Crippen molar-refractivity contribution in [1.29, 1.82) is 0 Å². The zero-order valence-corrected chi connectivity index (χ0v) is 11.2. The minimum atomic E-state index is -0.987. The van der Waals surface area contributed by atoms with E-state index in [1.54, 1.807) is 6.07 Å². The van der Waals surface area contributed by atoms with Gasteiger partial charge in [0.25, 0.3) is 0 Å². The molecule has 0 aliphatic rings. The first-order chi connectivity index (χ1) is 9.17. The van der Waals surface area contributed by atoms with Gasteiger partial charge in [0.15, 0.2) is 0 Å². The Hall–Kier alpha value is -2.10. The molecule has 0 aliphatic heterocycles. The van der Waals surface area contributed by atoms with Gasteiger partial charge in [0, 0.05) is 5.56 Å². The number of benzene rings is 1. The van der Waals surface area contributed by atoms with Crippen LogP contribution in [0.1, 0.15) is 48.7 Å². The van der Waals surface area contributed by atoms with Crippen molar-refractivity contribution in [2.24, 2.45) is 0 Å². The Labute approximate surface area is 112 Å². The standard InChI is InChI=1S/C15H18N2O2/c1-3-10(4-2)11-7-5-6-8-12(11)13-9-14(15(18)19)17-16-13/h5-10H,3-4H2,1-2H3,(H,16,17)(H,18,19). The smallest absolute Gasteiger partial charge is 0.353 e. The molecule has 0 aliphatic carbocycles. The Morgan fingerprint density at radius 3 is 2.58 bits per heavy atom. The monoisotopic (exact) mass is 258 g/mol. The minimum absolute atomic E-state index is 0.120. The molecule has 0 fully saturated rings. The van der Waals surface area contributed by atoms with Crippen LogP contribution in [-0.4, -0.2) is 21.3 Å². The fourth-order valence-corrected chi connectivity index (χ4v) is 2.38. The number of rotatable bonds is 5. The summed E-state index contributed by atoms with van der Waals surface area (Å²) in [6.45, 7) is 4.33. The van der Waals surface area contributed by atoms with Gasteiger partial charge in [0.1, 0.15) is 5.69 Å².